The van der Waals surface area contributed by atoms with Crippen molar-refractivity contribution in [2.75, 3.05) is 6.61 Å². The number of ether oxygens (including phenoxy) is 1. The lowest BCUT2D eigenvalue weighted by atomic mass is 9.81. The third-order valence-corrected chi connectivity index (χ3v) is 3.78. The molecule has 1 fully saturated rings. The topological polar surface area (TPSA) is 55.5 Å². The second-order valence-corrected chi connectivity index (χ2v) is 5.35. The number of aliphatic hydroxyl groups is 1. The number of nitrogens with two attached hydrogens (primary N) is 1. The van der Waals surface area contributed by atoms with Crippen LogP contribution in [0.5, 0.6) is 5.75 Å². The van der Waals surface area contributed by atoms with Crippen LogP contribution in [0.25, 0.3) is 0 Å². The fourth-order valence-electron chi connectivity index (χ4n) is 2.58. The van der Waals surface area contributed by atoms with Crippen LogP contribution in [0.2, 0.25) is 0 Å². The first-order chi connectivity index (χ1) is 8.65. The number of hydrogen-bond acceptors (Lipinski definition) is 3. The van der Waals surface area contributed by atoms with Gasteiger partial charge in [-0.3, -0.25) is 0 Å². The molecule has 2 unspecified atom stereocenters. The average molecular weight is 249 g/mol. The zero-order valence-corrected chi connectivity index (χ0v) is 11.1. The van der Waals surface area contributed by atoms with E-state index in [9.17, 15) is 5.11 Å². The number of aliphatic hydroxyl groups excluding tert-OH is 1. The summed E-state index contributed by atoms with van der Waals surface area (Å²) < 4.78 is 5.96. The maximum Gasteiger partial charge on any atom is 0.119 e. The van der Waals surface area contributed by atoms with Gasteiger partial charge in [0.1, 0.15) is 11.9 Å². The molecule has 1 aliphatic rings. The van der Waals surface area contributed by atoms with E-state index in [1.807, 2.05) is 12.1 Å². The molecule has 3 heteroatoms. The second kappa shape index (κ2) is 5.72. The Hall–Kier alpha value is -1.06. The Bertz CT molecular complexity index is 377. The Morgan fingerprint density at radius 2 is 2.11 bits per heavy atom. The van der Waals surface area contributed by atoms with Crippen LogP contribution >= 0.6 is 0 Å². The molecule has 0 aromatic heterocycles. The number of aryl methyl sites for hydroxylation is 1. The van der Waals surface area contributed by atoms with Crippen LogP contribution in [-0.2, 0) is 6.42 Å². The Morgan fingerprint density at radius 3 is 2.72 bits per heavy atom. The van der Waals surface area contributed by atoms with Gasteiger partial charge in [-0.05, 0) is 43.4 Å². The zero-order chi connectivity index (χ0) is 13.0. The largest absolute Gasteiger partial charge is 0.490 e. The lowest BCUT2D eigenvalue weighted by Crippen LogP contribution is -2.50. The third kappa shape index (κ3) is 3.24. The Kier molecular flexibility index (Phi) is 4.25. The molecule has 1 saturated carbocycles. The minimum Gasteiger partial charge on any atom is -0.490 e. The summed E-state index contributed by atoms with van der Waals surface area (Å²) in [6.07, 6.45) is 4.84. The smallest absolute Gasteiger partial charge is 0.119 e. The minimum atomic E-state index is -0.452. The predicted octanol–water partition coefficient (Wildman–Crippen LogP) is 2.26. The SMILES string of the molecule is CCc1ccc(OC2CCCC(N)(CO)C2)cc1. The van der Waals surface area contributed by atoms with Gasteiger partial charge < -0.3 is 15.6 Å². The molecule has 1 aliphatic carbocycles. The molecule has 100 valence electrons. The van der Waals surface area contributed by atoms with Crippen LogP contribution < -0.4 is 10.5 Å². The van der Waals surface area contributed by atoms with Crippen LogP contribution in [-0.4, -0.2) is 23.4 Å². The molecule has 0 amide bonds. The van der Waals surface area contributed by atoms with E-state index in [-0.39, 0.29) is 12.7 Å². The molecule has 0 saturated heterocycles. The van der Waals surface area contributed by atoms with E-state index >= 15 is 0 Å². The summed E-state index contributed by atoms with van der Waals surface area (Å²) in [5.74, 6) is 0.902. The van der Waals surface area contributed by atoms with Gasteiger partial charge in [-0.1, -0.05) is 19.1 Å². The summed E-state index contributed by atoms with van der Waals surface area (Å²) in [5, 5.41) is 9.32. The van der Waals surface area contributed by atoms with Gasteiger partial charge in [-0.2, -0.15) is 0 Å². The van der Waals surface area contributed by atoms with Crippen molar-refractivity contribution in [1.82, 2.24) is 0 Å². The van der Waals surface area contributed by atoms with E-state index < -0.39 is 5.54 Å². The molecule has 18 heavy (non-hydrogen) atoms. The third-order valence-electron chi connectivity index (χ3n) is 3.78. The zero-order valence-electron chi connectivity index (χ0n) is 11.1. The van der Waals surface area contributed by atoms with Crippen LogP contribution in [0.4, 0.5) is 0 Å². The van der Waals surface area contributed by atoms with Crippen molar-refractivity contribution in [3.05, 3.63) is 29.8 Å². The molecular weight excluding hydrogens is 226 g/mol. The summed E-state index contributed by atoms with van der Waals surface area (Å²) in [6, 6.07) is 8.23. The van der Waals surface area contributed by atoms with Crippen LogP contribution in [0.15, 0.2) is 24.3 Å². The van der Waals surface area contributed by atoms with Gasteiger partial charge in [0.05, 0.1) is 6.61 Å². The van der Waals surface area contributed by atoms with E-state index in [4.69, 9.17) is 10.5 Å². The molecule has 0 aliphatic heterocycles. The van der Waals surface area contributed by atoms with Crippen molar-refractivity contribution < 1.29 is 9.84 Å². The average Bonchev–Trinajstić information content (AvgIpc) is 2.40. The molecule has 2 atom stereocenters. The van der Waals surface area contributed by atoms with Crippen LogP contribution in [0.3, 0.4) is 0 Å². The highest BCUT2D eigenvalue weighted by atomic mass is 16.5. The van der Waals surface area contributed by atoms with Gasteiger partial charge in [0.25, 0.3) is 0 Å². The van der Waals surface area contributed by atoms with Crippen molar-refractivity contribution in [2.45, 2.75) is 50.7 Å². The van der Waals surface area contributed by atoms with Gasteiger partial charge in [-0.15, -0.1) is 0 Å². The van der Waals surface area contributed by atoms with Gasteiger partial charge in [0.2, 0.25) is 0 Å². The standard InChI is InChI=1S/C15H23NO2/c1-2-12-5-7-13(8-6-12)18-14-4-3-9-15(16,10-14)11-17/h5-8,14,17H,2-4,9-11,16H2,1H3. The molecule has 3 nitrogen and oxygen atoms in total. The highest BCUT2D eigenvalue weighted by Gasteiger charge is 2.33. The minimum absolute atomic E-state index is 0.0433. The normalized spacial score (nSPS) is 28.1. The highest BCUT2D eigenvalue weighted by molar-refractivity contribution is 5.27. The highest BCUT2D eigenvalue weighted by Crippen LogP contribution is 2.29. The lowest BCUT2D eigenvalue weighted by Gasteiger charge is -2.36. The van der Waals surface area contributed by atoms with Gasteiger partial charge >= 0.3 is 0 Å². The quantitative estimate of drug-likeness (QED) is 0.860. The molecule has 1 aromatic carbocycles. The van der Waals surface area contributed by atoms with Crippen molar-refractivity contribution >= 4 is 0 Å². The van der Waals surface area contributed by atoms with Gasteiger partial charge in [0.15, 0.2) is 0 Å². The Morgan fingerprint density at radius 1 is 1.39 bits per heavy atom. The van der Waals surface area contributed by atoms with E-state index in [0.717, 1.165) is 37.9 Å². The fourth-order valence-corrected chi connectivity index (χ4v) is 2.58. The molecule has 0 spiro atoms. The summed E-state index contributed by atoms with van der Waals surface area (Å²) in [4.78, 5) is 0. The Balaban J connectivity index is 1.96. The summed E-state index contributed by atoms with van der Waals surface area (Å²) in [7, 11) is 0. The van der Waals surface area contributed by atoms with E-state index in [1.165, 1.54) is 5.56 Å². The predicted molar refractivity (Wildman–Crippen MR) is 72.7 cm³/mol. The number of hydrogen-bond donors (Lipinski definition) is 2. The van der Waals surface area contributed by atoms with Crippen molar-refractivity contribution in [1.29, 1.82) is 0 Å². The molecule has 1 aromatic rings. The number of benzene rings is 1. The van der Waals surface area contributed by atoms with E-state index in [0.29, 0.717) is 0 Å². The molecule has 2 rings (SSSR count). The van der Waals surface area contributed by atoms with Crippen molar-refractivity contribution in [3.8, 4) is 5.75 Å². The fraction of sp³-hybridized carbons (Fsp3) is 0.600. The van der Waals surface area contributed by atoms with Crippen LogP contribution in [0, 0.1) is 0 Å². The van der Waals surface area contributed by atoms with Crippen LogP contribution in [0.1, 0.15) is 38.2 Å². The first-order valence-electron chi connectivity index (χ1n) is 6.80. The first kappa shape index (κ1) is 13.4. The first-order valence-corrected chi connectivity index (χ1v) is 6.80. The number of rotatable bonds is 4. The maximum absolute atomic E-state index is 9.32. The van der Waals surface area contributed by atoms with E-state index in [2.05, 4.69) is 19.1 Å². The molecule has 0 heterocycles. The molecule has 0 radical (unpaired) electrons. The van der Waals surface area contributed by atoms with Gasteiger partial charge in [0, 0.05) is 12.0 Å². The molecule has 0 bridgehead atoms. The second-order valence-electron chi connectivity index (χ2n) is 5.35. The lowest BCUT2D eigenvalue weighted by molar-refractivity contribution is 0.0729. The summed E-state index contributed by atoms with van der Waals surface area (Å²) >= 11 is 0. The Labute approximate surface area is 109 Å². The van der Waals surface area contributed by atoms with Crippen molar-refractivity contribution in [2.24, 2.45) is 5.73 Å². The van der Waals surface area contributed by atoms with E-state index in [1.54, 1.807) is 0 Å². The summed E-state index contributed by atoms with van der Waals surface area (Å²) in [6.45, 7) is 2.18. The van der Waals surface area contributed by atoms with Crippen molar-refractivity contribution in [3.63, 3.8) is 0 Å². The monoisotopic (exact) mass is 249 g/mol. The molecule has 3 N–H and O–H groups in total. The maximum atomic E-state index is 9.32. The summed E-state index contributed by atoms with van der Waals surface area (Å²) in [5.41, 5.74) is 6.98. The van der Waals surface area contributed by atoms with Gasteiger partial charge in [-0.25, -0.2) is 0 Å². The molecular formula is C15H23NO2.